The van der Waals surface area contributed by atoms with E-state index in [1.54, 1.807) is 24.3 Å². The van der Waals surface area contributed by atoms with E-state index in [-0.39, 0.29) is 23.2 Å². The van der Waals surface area contributed by atoms with Crippen LogP contribution in [0.5, 0.6) is 0 Å². The quantitative estimate of drug-likeness (QED) is 0.601. The number of nitrogens with one attached hydrogen (secondary N) is 1. The molecule has 0 unspecified atom stereocenters. The van der Waals surface area contributed by atoms with Crippen molar-refractivity contribution in [1.29, 1.82) is 0 Å². The summed E-state index contributed by atoms with van der Waals surface area (Å²) in [7, 11) is -3.40. The second-order valence-electron chi connectivity index (χ2n) is 6.48. The highest BCUT2D eigenvalue weighted by atomic mass is 32.2. The number of rotatable bonds is 6. The van der Waals surface area contributed by atoms with Crippen LogP contribution in [0.1, 0.15) is 18.4 Å². The fourth-order valence-corrected chi connectivity index (χ4v) is 4.67. The molecule has 0 amide bonds. The van der Waals surface area contributed by atoms with Crippen LogP contribution in [0.3, 0.4) is 0 Å². The Kier molecular flexibility index (Phi) is 5.71. The van der Waals surface area contributed by atoms with E-state index in [0.717, 1.165) is 11.6 Å². The van der Waals surface area contributed by atoms with Crippen LogP contribution >= 0.6 is 0 Å². The fourth-order valence-electron chi connectivity index (χ4n) is 3.11. The van der Waals surface area contributed by atoms with Gasteiger partial charge in [-0.3, -0.25) is 10.1 Å². The molecule has 1 fully saturated rings. The van der Waals surface area contributed by atoms with Gasteiger partial charge in [-0.25, -0.2) is 17.1 Å². The lowest BCUT2D eigenvalue weighted by Gasteiger charge is -2.32. The molecule has 27 heavy (non-hydrogen) atoms. The van der Waals surface area contributed by atoms with E-state index in [9.17, 15) is 22.9 Å². The van der Waals surface area contributed by atoms with Crippen LogP contribution in [-0.2, 0) is 15.8 Å². The molecule has 1 saturated heterocycles. The number of nitro groups is 1. The second-order valence-corrected chi connectivity index (χ2v) is 8.45. The first-order valence-corrected chi connectivity index (χ1v) is 10.2. The summed E-state index contributed by atoms with van der Waals surface area (Å²) in [5.74, 6) is -0.730. The standard InChI is InChI=1S/C18H20FN3O4S/c19-17-12-16(22(23)24)6-7-18(17)20-15-8-10-21(11-9-15)27(25,26)13-14-4-2-1-3-5-14/h1-7,12,15,20H,8-11,13H2. The predicted octanol–water partition coefficient (Wildman–Crippen LogP) is 3.14. The third-order valence-electron chi connectivity index (χ3n) is 4.56. The van der Waals surface area contributed by atoms with Crippen molar-refractivity contribution in [2.45, 2.75) is 24.6 Å². The number of nitrogens with zero attached hydrogens (tertiary/aromatic N) is 2. The van der Waals surface area contributed by atoms with Crippen molar-refractivity contribution in [3.8, 4) is 0 Å². The molecule has 0 bridgehead atoms. The van der Waals surface area contributed by atoms with Crippen LogP contribution < -0.4 is 5.32 Å². The molecule has 1 heterocycles. The van der Waals surface area contributed by atoms with E-state index in [1.807, 2.05) is 6.07 Å². The van der Waals surface area contributed by atoms with Gasteiger partial charge in [0.1, 0.15) is 0 Å². The molecule has 0 aromatic heterocycles. The van der Waals surface area contributed by atoms with Crippen LogP contribution in [0.25, 0.3) is 0 Å². The highest BCUT2D eigenvalue weighted by Gasteiger charge is 2.28. The van der Waals surface area contributed by atoms with E-state index < -0.39 is 20.8 Å². The van der Waals surface area contributed by atoms with Crippen molar-refractivity contribution >= 4 is 21.4 Å². The number of anilines is 1. The maximum atomic E-state index is 14.0. The summed E-state index contributed by atoms with van der Waals surface area (Å²) < 4.78 is 40.6. The molecule has 9 heteroatoms. The summed E-state index contributed by atoms with van der Waals surface area (Å²) in [6, 6.07) is 12.4. The van der Waals surface area contributed by atoms with Gasteiger partial charge in [0.25, 0.3) is 5.69 Å². The van der Waals surface area contributed by atoms with Crippen LogP contribution in [0.15, 0.2) is 48.5 Å². The van der Waals surface area contributed by atoms with Gasteiger partial charge in [-0.1, -0.05) is 30.3 Å². The van der Waals surface area contributed by atoms with Crippen molar-refractivity contribution in [2.75, 3.05) is 18.4 Å². The Morgan fingerprint density at radius 3 is 2.41 bits per heavy atom. The molecule has 1 N–H and O–H groups in total. The van der Waals surface area contributed by atoms with E-state index in [0.29, 0.717) is 25.9 Å². The smallest absolute Gasteiger partial charge is 0.272 e. The molecule has 2 aromatic carbocycles. The van der Waals surface area contributed by atoms with Crippen molar-refractivity contribution in [1.82, 2.24) is 4.31 Å². The van der Waals surface area contributed by atoms with Gasteiger partial charge in [0.05, 0.1) is 22.4 Å². The fraction of sp³-hybridized carbons (Fsp3) is 0.333. The number of hydrogen-bond acceptors (Lipinski definition) is 5. The van der Waals surface area contributed by atoms with Gasteiger partial charge in [-0.05, 0) is 24.5 Å². The summed E-state index contributed by atoms with van der Waals surface area (Å²) in [6.45, 7) is 0.697. The largest absolute Gasteiger partial charge is 0.380 e. The lowest BCUT2D eigenvalue weighted by molar-refractivity contribution is -0.385. The lowest BCUT2D eigenvalue weighted by Crippen LogP contribution is -2.42. The monoisotopic (exact) mass is 393 g/mol. The van der Waals surface area contributed by atoms with Crippen LogP contribution in [0.2, 0.25) is 0 Å². The van der Waals surface area contributed by atoms with E-state index in [2.05, 4.69) is 5.32 Å². The number of sulfonamides is 1. The van der Waals surface area contributed by atoms with Crippen LogP contribution in [0, 0.1) is 15.9 Å². The number of nitro benzene ring substituents is 1. The topological polar surface area (TPSA) is 92.6 Å². The van der Waals surface area contributed by atoms with Gasteiger partial charge < -0.3 is 5.32 Å². The Morgan fingerprint density at radius 2 is 1.81 bits per heavy atom. The zero-order chi connectivity index (χ0) is 19.4. The average molecular weight is 393 g/mol. The molecular formula is C18H20FN3O4S. The molecule has 0 saturated carbocycles. The van der Waals surface area contributed by atoms with Gasteiger partial charge in [-0.2, -0.15) is 0 Å². The number of piperidine rings is 1. The highest BCUT2D eigenvalue weighted by molar-refractivity contribution is 7.88. The van der Waals surface area contributed by atoms with E-state index in [1.165, 1.54) is 16.4 Å². The number of hydrogen-bond donors (Lipinski definition) is 1. The molecule has 7 nitrogen and oxygen atoms in total. The van der Waals surface area contributed by atoms with Crippen molar-refractivity contribution in [3.63, 3.8) is 0 Å². The van der Waals surface area contributed by atoms with E-state index in [4.69, 9.17) is 0 Å². The summed E-state index contributed by atoms with van der Waals surface area (Å²) in [6.07, 6.45) is 1.06. The Hall–Kier alpha value is -2.52. The SMILES string of the molecule is O=[N+]([O-])c1ccc(NC2CCN(S(=O)(=O)Cc3ccccc3)CC2)c(F)c1. The Morgan fingerprint density at radius 1 is 1.15 bits per heavy atom. The molecular weight excluding hydrogens is 373 g/mol. The first-order chi connectivity index (χ1) is 12.8. The first-order valence-electron chi connectivity index (χ1n) is 8.57. The normalized spacial score (nSPS) is 16.2. The zero-order valence-electron chi connectivity index (χ0n) is 14.5. The summed E-state index contributed by atoms with van der Waals surface area (Å²) >= 11 is 0. The maximum Gasteiger partial charge on any atom is 0.272 e. The van der Waals surface area contributed by atoms with Crippen LogP contribution in [0.4, 0.5) is 15.8 Å². The van der Waals surface area contributed by atoms with Crippen molar-refractivity contribution < 1.29 is 17.7 Å². The van der Waals surface area contributed by atoms with Crippen LogP contribution in [-0.4, -0.2) is 36.8 Å². The molecule has 1 aliphatic rings. The number of non-ortho nitro benzene ring substituents is 1. The molecule has 144 valence electrons. The molecule has 0 spiro atoms. The van der Waals surface area contributed by atoms with Crippen molar-refractivity contribution in [2.24, 2.45) is 0 Å². The molecule has 0 radical (unpaired) electrons. The van der Waals surface area contributed by atoms with E-state index >= 15 is 0 Å². The van der Waals surface area contributed by atoms with Gasteiger partial charge in [0.15, 0.2) is 5.82 Å². The molecule has 2 aromatic rings. The Balaban J connectivity index is 1.58. The van der Waals surface area contributed by atoms with Gasteiger partial charge in [0, 0.05) is 25.2 Å². The first kappa shape index (κ1) is 19.2. The lowest BCUT2D eigenvalue weighted by atomic mass is 10.1. The summed E-state index contributed by atoms with van der Waals surface area (Å²) in [5, 5.41) is 13.7. The van der Waals surface area contributed by atoms with Crippen molar-refractivity contribution in [3.05, 3.63) is 70.0 Å². The minimum absolute atomic E-state index is 0.0388. The zero-order valence-corrected chi connectivity index (χ0v) is 15.4. The maximum absolute atomic E-state index is 14.0. The molecule has 0 aliphatic carbocycles. The van der Waals surface area contributed by atoms with Gasteiger partial charge >= 0.3 is 0 Å². The Labute approximate surface area is 157 Å². The summed E-state index contributed by atoms with van der Waals surface area (Å²) in [4.78, 5) is 10.0. The number of benzene rings is 2. The third kappa shape index (κ3) is 4.81. The minimum Gasteiger partial charge on any atom is -0.380 e. The minimum atomic E-state index is -3.40. The van der Waals surface area contributed by atoms with Gasteiger partial charge in [0.2, 0.25) is 10.0 Å². The third-order valence-corrected chi connectivity index (χ3v) is 6.41. The predicted molar refractivity (Wildman–Crippen MR) is 100 cm³/mol. The average Bonchev–Trinajstić information content (AvgIpc) is 2.64. The second kappa shape index (κ2) is 8.01. The van der Waals surface area contributed by atoms with Gasteiger partial charge in [-0.15, -0.1) is 0 Å². The highest BCUT2D eigenvalue weighted by Crippen LogP contribution is 2.24. The molecule has 1 aliphatic heterocycles. The molecule has 0 atom stereocenters. The summed E-state index contributed by atoms with van der Waals surface area (Å²) in [5.41, 5.74) is 0.622. The number of halogens is 1. The Bertz CT molecular complexity index is 913. The molecule has 3 rings (SSSR count).